The molecule has 0 aliphatic carbocycles. The molecule has 0 radical (unpaired) electrons. The fourth-order valence-corrected chi connectivity index (χ4v) is 5.02. The summed E-state index contributed by atoms with van der Waals surface area (Å²) >= 11 is 0. The lowest BCUT2D eigenvalue weighted by Crippen LogP contribution is -2.30. The van der Waals surface area contributed by atoms with E-state index in [0.717, 1.165) is 28.6 Å². The summed E-state index contributed by atoms with van der Waals surface area (Å²) < 4.78 is 72.4. The van der Waals surface area contributed by atoms with Gasteiger partial charge in [0.2, 0.25) is 5.76 Å². The van der Waals surface area contributed by atoms with E-state index in [1.54, 1.807) is 37.3 Å². The van der Waals surface area contributed by atoms with Gasteiger partial charge in [-0.3, -0.25) is 4.31 Å². The zero-order valence-corrected chi connectivity index (χ0v) is 18.5. The Bertz CT molecular complexity index is 1460. The number of halogens is 3. The average Bonchev–Trinajstić information content (AvgIpc) is 3.14. The van der Waals surface area contributed by atoms with Crippen molar-refractivity contribution in [3.05, 3.63) is 95.2 Å². The highest BCUT2D eigenvalue weighted by Crippen LogP contribution is 2.34. The van der Waals surface area contributed by atoms with Gasteiger partial charge in [-0.1, -0.05) is 30.3 Å². The standard InChI is InChI=1S/C24H18F3NO5S/c1-15-20-13-18(9-12-21(20)33-22(15)23(29)30)28(14-16-5-3-2-4-6-16)34(31,32)19-10-7-17(8-11-19)24(25,26)27/h2-13H,14H2,1H3,(H,29,30). The van der Waals surface area contributed by atoms with Crippen LogP contribution in [-0.4, -0.2) is 19.5 Å². The normalized spacial score (nSPS) is 12.1. The van der Waals surface area contributed by atoms with Crippen LogP contribution < -0.4 is 4.31 Å². The number of sulfonamides is 1. The fraction of sp³-hybridized carbons (Fsp3) is 0.125. The Morgan fingerprint density at radius 1 is 1.00 bits per heavy atom. The largest absolute Gasteiger partial charge is 0.475 e. The molecule has 1 aromatic heterocycles. The summed E-state index contributed by atoms with van der Waals surface area (Å²) in [4.78, 5) is 11.1. The van der Waals surface area contributed by atoms with Crippen LogP contribution in [0, 0.1) is 6.92 Å². The molecule has 0 saturated heterocycles. The van der Waals surface area contributed by atoms with E-state index in [1.165, 1.54) is 18.2 Å². The van der Waals surface area contributed by atoms with E-state index < -0.39 is 27.7 Å². The summed E-state index contributed by atoms with van der Waals surface area (Å²) in [6.07, 6.45) is -4.60. The van der Waals surface area contributed by atoms with Gasteiger partial charge in [0.25, 0.3) is 10.0 Å². The molecule has 0 atom stereocenters. The number of aryl methyl sites for hydroxylation is 1. The topological polar surface area (TPSA) is 87.8 Å². The minimum absolute atomic E-state index is 0.0988. The van der Waals surface area contributed by atoms with Crippen molar-refractivity contribution in [2.75, 3.05) is 4.31 Å². The molecule has 0 aliphatic heterocycles. The summed E-state index contributed by atoms with van der Waals surface area (Å²) in [5, 5.41) is 9.73. The molecule has 0 amide bonds. The lowest BCUT2D eigenvalue weighted by atomic mass is 10.1. The van der Waals surface area contributed by atoms with Gasteiger partial charge in [0.1, 0.15) is 5.58 Å². The predicted molar refractivity (Wildman–Crippen MR) is 119 cm³/mol. The lowest BCUT2D eigenvalue weighted by molar-refractivity contribution is -0.137. The molecule has 0 fully saturated rings. The van der Waals surface area contributed by atoms with Crippen LogP contribution in [0.4, 0.5) is 18.9 Å². The van der Waals surface area contributed by atoms with Gasteiger partial charge < -0.3 is 9.52 Å². The minimum atomic E-state index is -4.60. The number of nitrogens with zero attached hydrogens (tertiary/aromatic N) is 1. The Kier molecular flexibility index (Phi) is 5.86. The Morgan fingerprint density at radius 2 is 1.65 bits per heavy atom. The summed E-state index contributed by atoms with van der Waals surface area (Å²) in [6, 6.07) is 16.4. The van der Waals surface area contributed by atoms with E-state index in [9.17, 15) is 31.5 Å². The first-order chi connectivity index (χ1) is 16.0. The number of carboxylic acid groups (broad SMARTS) is 1. The number of hydrogen-bond donors (Lipinski definition) is 1. The van der Waals surface area contributed by atoms with Gasteiger partial charge >= 0.3 is 12.1 Å². The van der Waals surface area contributed by atoms with E-state index in [1.807, 2.05) is 0 Å². The van der Waals surface area contributed by atoms with Crippen molar-refractivity contribution in [1.82, 2.24) is 0 Å². The van der Waals surface area contributed by atoms with Crippen molar-refractivity contribution in [1.29, 1.82) is 0 Å². The van der Waals surface area contributed by atoms with Crippen LogP contribution in [0.2, 0.25) is 0 Å². The van der Waals surface area contributed by atoms with Crippen LogP contribution in [0.3, 0.4) is 0 Å². The number of fused-ring (bicyclic) bond motifs is 1. The Balaban J connectivity index is 1.84. The molecule has 0 bridgehead atoms. The molecule has 34 heavy (non-hydrogen) atoms. The third-order valence-corrected chi connectivity index (χ3v) is 7.13. The second-order valence-electron chi connectivity index (χ2n) is 7.56. The quantitative estimate of drug-likeness (QED) is 0.367. The zero-order chi connectivity index (χ0) is 24.7. The fourth-order valence-electron chi connectivity index (χ4n) is 3.58. The molecule has 0 aliphatic rings. The summed E-state index contributed by atoms with van der Waals surface area (Å²) in [5.74, 6) is -1.51. The second kappa shape index (κ2) is 8.53. The maximum Gasteiger partial charge on any atom is 0.416 e. The average molecular weight is 489 g/mol. The van der Waals surface area contributed by atoms with Gasteiger partial charge in [0, 0.05) is 10.9 Å². The Morgan fingerprint density at radius 3 is 2.24 bits per heavy atom. The molecule has 10 heteroatoms. The molecule has 3 aromatic carbocycles. The van der Waals surface area contributed by atoms with Crippen molar-refractivity contribution < 1.29 is 35.9 Å². The summed E-state index contributed by atoms with van der Waals surface area (Å²) in [6.45, 7) is 1.45. The van der Waals surface area contributed by atoms with Crippen LogP contribution >= 0.6 is 0 Å². The molecule has 0 saturated carbocycles. The monoisotopic (exact) mass is 489 g/mol. The van der Waals surface area contributed by atoms with Crippen LogP contribution in [0.5, 0.6) is 0 Å². The zero-order valence-electron chi connectivity index (χ0n) is 17.7. The first-order valence-corrected chi connectivity index (χ1v) is 11.4. The minimum Gasteiger partial charge on any atom is -0.475 e. The molecule has 0 spiro atoms. The first-order valence-electron chi connectivity index (χ1n) is 9.99. The number of alkyl halides is 3. The molecule has 4 aromatic rings. The van der Waals surface area contributed by atoms with Crippen LogP contribution in [0.25, 0.3) is 11.0 Å². The lowest BCUT2D eigenvalue weighted by Gasteiger charge is -2.25. The van der Waals surface area contributed by atoms with Crippen molar-refractivity contribution >= 4 is 32.6 Å². The van der Waals surface area contributed by atoms with Crippen molar-refractivity contribution in [3.63, 3.8) is 0 Å². The number of anilines is 1. The number of carboxylic acids is 1. The maximum absolute atomic E-state index is 13.6. The molecule has 6 nitrogen and oxygen atoms in total. The van der Waals surface area contributed by atoms with E-state index in [2.05, 4.69) is 0 Å². The number of aromatic carboxylic acids is 1. The number of carbonyl (C=O) groups is 1. The van der Waals surface area contributed by atoms with Gasteiger partial charge in [0.05, 0.1) is 22.7 Å². The smallest absolute Gasteiger partial charge is 0.416 e. The van der Waals surface area contributed by atoms with Gasteiger partial charge in [-0.2, -0.15) is 13.2 Å². The summed E-state index contributed by atoms with van der Waals surface area (Å²) in [7, 11) is -4.29. The highest BCUT2D eigenvalue weighted by Gasteiger charge is 2.32. The highest BCUT2D eigenvalue weighted by atomic mass is 32.2. The molecule has 4 rings (SSSR count). The van der Waals surface area contributed by atoms with Crippen LogP contribution in [-0.2, 0) is 22.7 Å². The second-order valence-corrected chi connectivity index (χ2v) is 9.42. The van der Waals surface area contributed by atoms with E-state index in [0.29, 0.717) is 16.5 Å². The van der Waals surface area contributed by atoms with Crippen molar-refractivity contribution in [2.24, 2.45) is 0 Å². The molecule has 0 unspecified atom stereocenters. The summed E-state index contributed by atoms with van der Waals surface area (Å²) in [5.41, 5.74) is 0.490. The number of hydrogen-bond acceptors (Lipinski definition) is 4. The van der Waals surface area contributed by atoms with Gasteiger partial charge in [0.15, 0.2) is 0 Å². The number of rotatable bonds is 6. The third kappa shape index (κ3) is 4.36. The molecular formula is C24H18F3NO5S. The molecule has 1 N–H and O–H groups in total. The third-order valence-electron chi connectivity index (χ3n) is 5.34. The van der Waals surface area contributed by atoms with Gasteiger partial charge in [-0.05, 0) is 55.0 Å². The van der Waals surface area contributed by atoms with Crippen molar-refractivity contribution in [2.45, 2.75) is 24.5 Å². The van der Waals surface area contributed by atoms with Gasteiger partial charge in [-0.25, -0.2) is 13.2 Å². The number of furan rings is 1. The van der Waals surface area contributed by atoms with Crippen molar-refractivity contribution in [3.8, 4) is 0 Å². The molecule has 176 valence electrons. The van der Waals surface area contributed by atoms with E-state index >= 15 is 0 Å². The Labute approximate surface area is 192 Å². The Hall–Kier alpha value is -3.79. The van der Waals surface area contributed by atoms with E-state index in [-0.39, 0.29) is 28.5 Å². The van der Waals surface area contributed by atoms with Crippen LogP contribution in [0.1, 0.15) is 27.2 Å². The van der Waals surface area contributed by atoms with Crippen LogP contribution in [0.15, 0.2) is 82.1 Å². The maximum atomic E-state index is 13.6. The number of benzene rings is 3. The first kappa shape index (κ1) is 23.4. The molecular weight excluding hydrogens is 471 g/mol. The molecule has 1 heterocycles. The highest BCUT2D eigenvalue weighted by molar-refractivity contribution is 7.92. The SMILES string of the molecule is Cc1c(C(=O)O)oc2ccc(N(Cc3ccccc3)S(=O)(=O)c3ccc(C(F)(F)F)cc3)cc12. The predicted octanol–water partition coefficient (Wildman–Crippen LogP) is 5.85. The van der Waals surface area contributed by atoms with Gasteiger partial charge in [-0.15, -0.1) is 0 Å². The van der Waals surface area contributed by atoms with E-state index in [4.69, 9.17) is 4.42 Å².